The Morgan fingerprint density at radius 1 is 1.04 bits per heavy atom. The predicted octanol–water partition coefficient (Wildman–Crippen LogP) is 4.73. The van der Waals surface area contributed by atoms with E-state index in [2.05, 4.69) is 11.4 Å². The van der Waals surface area contributed by atoms with E-state index >= 15 is 0 Å². The van der Waals surface area contributed by atoms with Crippen molar-refractivity contribution in [2.24, 2.45) is 0 Å². The first kappa shape index (κ1) is 16.1. The van der Waals surface area contributed by atoms with E-state index in [9.17, 15) is 4.79 Å². The second kappa shape index (κ2) is 6.84. The number of pyridine rings is 1. The van der Waals surface area contributed by atoms with Gasteiger partial charge in [0, 0.05) is 10.9 Å². The van der Waals surface area contributed by atoms with Crippen LogP contribution in [0.25, 0.3) is 22.2 Å². The van der Waals surface area contributed by atoms with Crippen LogP contribution in [0.5, 0.6) is 0 Å². The molecule has 0 aliphatic carbocycles. The van der Waals surface area contributed by atoms with Gasteiger partial charge >= 0.3 is 0 Å². The van der Waals surface area contributed by atoms with E-state index in [1.807, 2.05) is 61.5 Å². The minimum atomic E-state index is -0.145. The Bertz CT molecular complexity index is 1070. The fraction of sp³-hybridized carbons (Fsp3) is 0.0909. The number of benzene rings is 2. The van der Waals surface area contributed by atoms with Crippen LogP contribution in [0.4, 0.5) is 0 Å². The third kappa shape index (κ3) is 3.22. The molecule has 2 aromatic heterocycles. The van der Waals surface area contributed by atoms with Crippen LogP contribution in [0.15, 0.2) is 77.4 Å². The van der Waals surface area contributed by atoms with Gasteiger partial charge in [-0.3, -0.25) is 4.79 Å². The van der Waals surface area contributed by atoms with Gasteiger partial charge in [-0.2, -0.15) is 0 Å². The Morgan fingerprint density at radius 3 is 2.73 bits per heavy atom. The summed E-state index contributed by atoms with van der Waals surface area (Å²) in [4.78, 5) is 17.6. The van der Waals surface area contributed by atoms with E-state index in [0.29, 0.717) is 12.1 Å². The quantitative estimate of drug-likeness (QED) is 0.583. The van der Waals surface area contributed by atoms with Crippen molar-refractivity contribution in [3.63, 3.8) is 0 Å². The molecule has 128 valence electrons. The van der Waals surface area contributed by atoms with Crippen molar-refractivity contribution in [1.82, 2.24) is 10.3 Å². The van der Waals surface area contributed by atoms with Crippen LogP contribution in [0.1, 0.15) is 21.7 Å². The molecule has 0 atom stereocenters. The summed E-state index contributed by atoms with van der Waals surface area (Å²) in [6, 6.07) is 21.3. The maximum atomic E-state index is 12.8. The van der Waals surface area contributed by atoms with Crippen LogP contribution in [-0.2, 0) is 6.54 Å². The molecule has 4 aromatic rings. The van der Waals surface area contributed by atoms with Crippen LogP contribution < -0.4 is 5.32 Å². The van der Waals surface area contributed by atoms with Crippen molar-refractivity contribution >= 4 is 16.8 Å². The number of hydrogen-bond acceptors (Lipinski definition) is 3. The molecule has 0 saturated carbocycles. The highest BCUT2D eigenvalue weighted by atomic mass is 16.3. The smallest absolute Gasteiger partial charge is 0.252 e. The highest BCUT2D eigenvalue weighted by Gasteiger charge is 2.14. The van der Waals surface area contributed by atoms with Gasteiger partial charge in [-0.05, 0) is 37.3 Å². The Balaban J connectivity index is 1.75. The summed E-state index contributed by atoms with van der Waals surface area (Å²) in [6.07, 6.45) is 1.60. The summed E-state index contributed by atoms with van der Waals surface area (Å²) in [5.74, 6) is 0.574. The standard InChI is InChI=1S/C22H18N2O2/c1-15-6-4-7-16(12-15)21-13-19(18-9-2-3-10-20(18)24-21)22(25)23-14-17-8-5-11-26-17/h2-13H,14H2,1H3,(H,23,25). The highest BCUT2D eigenvalue weighted by molar-refractivity contribution is 6.07. The number of hydrogen-bond donors (Lipinski definition) is 1. The van der Waals surface area contributed by atoms with Crippen LogP contribution in [0, 0.1) is 6.92 Å². The first-order valence-corrected chi connectivity index (χ1v) is 8.48. The molecule has 0 radical (unpaired) electrons. The van der Waals surface area contributed by atoms with Gasteiger partial charge in [0.15, 0.2) is 0 Å². The number of para-hydroxylation sites is 1. The molecule has 4 nitrogen and oxygen atoms in total. The molecule has 1 N–H and O–H groups in total. The fourth-order valence-electron chi connectivity index (χ4n) is 2.99. The number of rotatable bonds is 4. The van der Waals surface area contributed by atoms with Gasteiger partial charge in [0.05, 0.1) is 29.6 Å². The largest absolute Gasteiger partial charge is 0.467 e. The fourth-order valence-corrected chi connectivity index (χ4v) is 2.99. The van der Waals surface area contributed by atoms with Crippen molar-refractivity contribution in [2.75, 3.05) is 0 Å². The number of nitrogens with zero attached hydrogens (tertiary/aromatic N) is 1. The molecule has 0 spiro atoms. The Kier molecular flexibility index (Phi) is 4.23. The summed E-state index contributed by atoms with van der Waals surface area (Å²) in [5, 5.41) is 3.76. The number of amides is 1. The van der Waals surface area contributed by atoms with E-state index in [1.165, 1.54) is 0 Å². The molecule has 4 rings (SSSR count). The van der Waals surface area contributed by atoms with Crippen molar-refractivity contribution < 1.29 is 9.21 Å². The minimum absolute atomic E-state index is 0.145. The molecule has 0 saturated heterocycles. The van der Waals surface area contributed by atoms with Crippen molar-refractivity contribution in [1.29, 1.82) is 0 Å². The lowest BCUT2D eigenvalue weighted by Crippen LogP contribution is -2.23. The third-order valence-electron chi connectivity index (χ3n) is 4.28. The zero-order chi connectivity index (χ0) is 17.9. The molecular formula is C22H18N2O2. The third-order valence-corrected chi connectivity index (χ3v) is 4.28. The first-order chi connectivity index (χ1) is 12.7. The average molecular weight is 342 g/mol. The van der Waals surface area contributed by atoms with Crippen molar-refractivity contribution in [3.05, 3.63) is 89.9 Å². The molecule has 26 heavy (non-hydrogen) atoms. The predicted molar refractivity (Wildman–Crippen MR) is 102 cm³/mol. The Labute approximate surface area is 151 Å². The normalized spacial score (nSPS) is 10.8. The van der Waals surface area contributed by atoms with Gasteiger partial charge in [0.2, 0.25) is 0 Å². The monoisotopic (exact) mass is 342 g/mol. The Morgan fingerprint density at radius 2 is 1.92 bits per heavy atom. The van der Waals surface area contributed by atoms with Gasteiger partial charge in [-0.25, -0.2) is 4.98 Å². The number of fused-ring (bicyclic) bond motifs is 1. The summed E-state index contributed by atoms with van der Waals surface area (Å²) in [7, 11) is 0. The van der Waals surface area contributed by atoms with E-state index in [4.69, 9.17) is 9.40 Å². The maximum absolute atomic E-state index is 12.8. The molecule has 2 aromatic carbocycles. The summed E-state index contributed by atoms with van der Waals surface area (Å²) < 4.78 is 5.29. The number of carbonyl (C=O) groups is 1. The van der Waals surface area contributed by atoms with Crippen molar-refractivity contribution in [3.8, 4) is 11.3 Å². The molecule has 0 aliphatic rings. The van der Waals surface area contributed by atoms with E-state index in [1.54, 1.807) is 12.3 Å². The van der Waals surface area contributed by atoms with Crippen molar-refractivity contribution in [2.45, 2.75) is 13.5 Å². The second-order valence-corrected chi connectivity index (χ2v) is 6.20. The summed E-state index contributed by atoms with van der Waals surface area (Å²) in [6.45, 7) is 2.39. The second-order valence-electron chi connectivity index (χ2n) is 6.20. The zero-order valence-corrected chi connectivity index (χ0v) is 14.4. The van der Waals surface area contributed by atoms with Crippen LogP contribution >= 0.6 is 0 Å². The lowest BCUT2D eigenvalue weighted by molar-refractivity contribution is 0.0949. The average Bonchev–Trinajstić information content (AvgIpc) is 3.19. The molecule has 0 unspecified atom stereocenters. The van der Waals surface area contributed by atoms with Gasteiger partial charge < -0.3 is 9.73 Å². The molecule has 1 amide bonds. The van der Waals surface area contributed by atoms with Gasteiger partial charge in [0.25, 0.3) is 5.91 Å². The number of aromatic nitrogens is 1. The maximum Gasteiger partial charge on any atom is 0.252 e. The van der Waals surface area contributed by atoms with E-state index < -0.39 is 0 Å². The topological polar surface area (TPSA) is 55.1 Å². The Hall–Kier alpha value is -3.40. The number of carbonyl (C=O) groups excluding carboxylic acids is 1. The van der Waals surface area contributed by atoms with Gasteiger partial charge in [-0.1, -0.05) is 42.0 Å². The van der Waals surface area contributed by atoms with Gasteiger partial charge in [-0.15, -0.1) is 0 Å². The van der Waals surface area contributed by atoms with E-state index in [-0.39, 0.29) is 5.91 Å². The zero-order valence-electron chi connectivity index (χ0n) is 14.4. The summed E-state index contributed by atoms with van der Waals surface area (Å²) in [5.41, 5.74) is 4.35. The molecule has 0 fully saturated rings. The first-order valence-electron chi connectivity index (χ1n) is 8.48. The highest BCUT2D eigenvalue weighted by Crippen LogP contribution is 2.25. The lowest BCUT2D eigenvalue weighted by Gasteiger charge is -2.10. The molecule has 2 heterocycles. The SMILES string of the molecule is Cc1cccc(-c2cc(C(=O)NCc3ccco3)c3ccccc3n2)c1. The van der Waals surface area contributed by atoms with Crippen LogP contribution in [-0.4, -0.2) is 10.9 Å². The number of furan rings is 1. The lowest BCUT2D eigenvalue weighted by atomic mass is 10.0. The number of nitrogens with one attached hydrogen (secondary N) is 1. The molecule has 4 heteroatoms. The van der Waals surface area contributed by atoms with Crippen LogP contribution in [0.3, 0.4) is 0 Å². The molecule has 0 aliphatic heterocycles. The minimum Gasteiger partial charge on any atom is -0.467 e. The summed E-state index contributed by atoms with van der Waals surface area (Å²) >= 11 is 0. The van der Waals surface area contributed by atoms with Crippen LogP contribution in [0.2, 0.25) is 0 Å². The van der Waals surface area contributed by atoms with E-state index in [0.717, 1.165) is 33.5 Å². The molecular weight excluding hydrogens is 324 g/mol. The molecule has 0 bridgehead atoms. The number of aryl methyl sites for hydroxylation is 1. The van der Waals surface area contributed by atoms with Gasteiger partial charge in [0.1, 0.15) is 5.76 Å².